The molecule has 1 amide bonds. The Hall–Kier alpha value is -3.12. The molecule has 2 aliphatic rings. The van der Waals surface area contributed by atoms with Crippen LogP contribution in [0.2, 0.25) is 0 Å². The molecule has 1 heterocycles. The van der Waals surface area contributed by atoms with Crippen LogP contribution in [-0.2, 0) is 9.53 Å². The zero-order chi connectivity index (χ0) is 20.4. The van der Waals surface area contributed by atoms with Crippen molar-refractivity contribution >= 4 is 12.1 Å². The maximum atomic E-state index is 12.5. The Bertz CT molecular complexity index is 912. The van der Waals surface area contributed by atoms with E-state index in [1.807, 2.05) is 41.3 Å². The lowest BCUT2D eigenvalue weighted by Crippen LogP contribution is -2.56. The highest BCUT2D eigenvalue weighted by molar-refractivity contribution is 5.85. The number of ether oxygens (including phenoxy) is 1. The molecule has 150 valence electrons. The summed E-state index contributed by atoms with van der Waals surface area (Å²) in [5.41, 5.74) is 3.20. The van der Waals surface area contributed by atoms with Gasteiger partial charge in [0.1, 0.15) is 6.61 Å². The van der Waals surface area contributed by atoms with E-state index in [1.165, 1.54) is 0 Å². The third-order valence-corrected chi connectivity index (χ3v) is 5.83. The van der Waals surface area contributed by atoms with E-state index in [9.17, 15) is 14.7 Å². The number of likely N-dealkylation sites (tertiary alicyclic amines) is 1. The van der Waals surface area contributed by atoms with Crippen molar-refractivity contribution in [2.75, 3.05) is 26.2 Å². The minimum Gasteiger partial charge on any atom is -0.479 e. The number of carboxylic acids is 1. The van der Waals surface area contributed by atoms with Crippen LogP contribution in [0.4, 0.5) is 4.79 Å². The van der Waals surface area contributed by atoms with Crippen molar-refractivity contribution in [3.05, 3.63) is 72.3 Å². The van der Waals surface area contributed by atoms with Gasteiger partial charge < -0.3 is 15.2 Å². The molecular formula is C23H24N2O4. The Morgan fingerprint density at radius 2 is 1.79 bits per heavy atom. The molecular weight excluding hydrogens is 368 g/mol. The molecule has 2 aromatic rings. The van der Waals surface area contributed by atoms with Crippen LogP contribution in [0.25, 0.3) is 11.1 Å². The number of hydrogen-bond acceptors (Lipinski definition) is 4. The zero-order valence-electron chi connectivity index (χ0n) is 16.1. The van der Waals surface area contributed by atoms with Gasteiger partial charge in [-0.15, -0.1) is 6.58 Å². The van der Waals surface area contributed by atoms with Gasteiger partial charge in [-0.2, -0.15) is 0 Å². The highest BCUT2D eigenvalue weighted by Gasteiger charge is 2.46. The summed E-state index contributed by atoms with van der Waals surface area (Å²) in [7, 11) is 0. The molecule has 1 atom stereocenters. The molecule has 4 rings (SSSR count). The average molecular weight is 392 g/mol. The van der Waals surface area contributed by atoms with E-state index >= 15 is 0 Å². The Kier molecular flexibility index (Phi) is 5.11. The number of nitrogens with one attached hydrogen (secondary N) is 1. The molecule has 0 saturated carbocycles. The van der Waals surface area contributed by atoms with E-state index in [4.69, 9.17) is 4.74 Å². The summed E-state index contributed by atoms with van der Waals surface area (Å²) in [6, 6.07) is 16.2. The lowest BCUT2D eigenvalue weighted by atomic mass is 9.98. The first-order chi connectivity index (χ1) is 14.0. The second kappa shape index (κ2) is 7.72. The van der Waals surface area contributed by atoms with Crippen molar-refractivity contribution in [2.45, 2.75) is 17.9 Å². The zero-order valence-corrected chi connectivity index (χ0v) is 16.1. The maximum Gasteiger partial charge on any atom is 0.408 e. The van der Waals surface area contributed by atoms with Gasteiger partial charge in [0.15, 0.2) is 5.54 Å². The number of amides is 1. The normalized spacial score (nSPS) is 20.7. The van der Waals surface area contributed by atoms with E-state index in [-0.39, 0.29) is 19.1 Å². The van der Waals surface area contributed by atoms with Crippen molar-refractivity contribution < 1.29 is 19.4 Å². The Balaban J connectivity index is 1.46. The first-order valence-corrected chi connectivity index (χ1v) is 9.74. The SMILES string of the molecule is C=CCN1CC[C@](NC(=O)OCC2c3ccccc3-c3ccccc32)(C(=O)O)C1. The Labute approximate surface area is 169 Å². The minimum absolute atomic E-state index is 0.0604. The number of carbonyl (C=O) groups excluding carboxylic acids is 1. The average Bonchev–Trinajstić information content (AvgIpc) is 3.27. The van der Waals surface area contributed by atoms with E-state index < -0.39 is 17.6 Å². The predicted molar refractivity (Wildman–Crippen MR) is 110 cm³/mol. The number of rotatable bonds is 6. The fourth-order valence-corrected chi connectivity index (χ4v) is 4.39. The maximum absolute atomic E-state index is 12.5. The molecule has 1 saturated heterocycles. The third-order valence-electron chi connectivity index (χ3n) is 5.83. The number of carbonyl (C=O) groups is 2. The fraction of sp³-hybridized carbons (Fsp3) is 0.304. The molecule has 2 aromatic carbocycles. The van der Waals surface area contributed by atoms with E-state index in [2.05, 4.69) is 24.0 Å². The number of carboxylic acid groups (broad SMARTS) is 1. The van der Waals surface area contributed by atoms with Crippen LogP contribution in [0.3, 0.4) is 0 Å². The molecule has 6 heteroatoms. The lowest BCUT2D eigenvalue weighted by Gasteiger charge is -2.26. The molecule has 0 spiro atoms. The molecule has 0 unspecified atom stereocenters. The van der Waals surface area contributed by atoms with Gasteiger partial charge in [0.05, 0.1) is 0 Å². The molecule has 0 bridgehead atoms. The van der Waals surface area contributed by atoms with Crippen LogP contribution in [0, 0.1) is 0 Å². The lowest BCUT2D eigenvalue weighted by molar-refractivity contribution is -0.144. The summed E-state index contributed by atoms with van der Waals surface area (Å²) >= 11 is 0. The van der Waals surface area contributed by atoms with Gasteiger partial charge in [0.2, 0.25) is 0 Å². The van der Waals surface area contributed by atoms with Crippen molar-refractivity contribution in [3.8, 4) is 11.1 Å². The number of nitrogens with zero attached hydrogens (tertiary/aromatic N) is 1. The Morgan fingerprint density at radius 1 is 1.17 bits per heavy atom. The standard InChI is InChI=1S/C23H24N2O4/c1-2-12-25-13-11-23(15-25,21(26)27)24-22(28)29-14-20-18-9-5-3-7-16(18)17-8-4-6-10-19(17)20/h2-10,20H,1,11-15H2,(H,24,28)(H,26,27)/t23-/m1/s1. The summed E-state index contributed by atoms with van der Waals surface area (Å²) in [4.78, 5) is 26.3. The molecule has 1 aliphatic carbocycles. The highest BCUT2D eigenvalue weighted by Crippen LogP contribution is 2.44. The van der Waals surface area contributed by atoms with Crippen LogP contribution in [0.1, 0.15) is 23.5 Å². The van der Waals surface area contributed by atoms with Crippen LogP contribution >= 0.6 is 0 Å². The van der Waals surface area contributed by atoms with E-state index in [0.717, 1.165) is 22.3 Å². The Morgan fingerprint density at radius 3 is 2.38 bits per heavy atom. The number of aliphatic carboxylic acids is 1. The van der Waals surface area contributed by atoms with Crippen molar-refractivity contribution in [1.82, 2.24) is 10.2 Å². The van der Waals surface area contributed by atoms with Crippen LogP contribution in [0.15, 0.2) is 61.2 Å². The van der Waals surface area contributed by atoms with E-state index in [1.54, 1.807) is 6.08 Å². The van der Waals surface area contributed by atoms with Crippen molar-refractivity contribution in [2.24, 2.45) is 0 Å². The topological polar surface area (TPSA) is 78.9 Å². The molecule has 29 heavy (non-hydrogen) atoms. The van der Waals surface area contributed by atoms with Gasteiger partial charge in [-0.05, 0) is 28.7 Å². The van der Waals surface area contributed by atoms with Gasteiger partial charge >= 0.3 is 12.1 Å². The number of fused-ring (bicyclic) bond motifs is 3. The van der Waals surface area contributed by atoms with Gasteiger partial charge in [0.25, 0.3) is 0 Å². The van der Waals surface area contributed by atoms with E-state index in [0.29, 0.717) is 19.5 Å². The summed E-state index contributed by atoms with van der Waals surface area (Å²) in [5, 5.41) is 12.3. The van der Waals surface area contributed by atoms with Crippen LogP contribution in [0.5, 0.6) is 0 Å². The molecule has 1 aliphatic heterocycles. The second-order valence-electron chi connectivity index (χ2n) is 7.61. The monoisotopic (exact) mass is 392 g/mol. The highest BCUT2D eigenvalue weighted by atomic mass is 16.5. The summed E-state index contributed by atoms with van der Waals surface area (Å²) in [5.74, 6) is -1.10. The van der Waals surface area contributed by atoms with Gasteiger partial charge in [0, 0.05) is 25.6 Å². The van der Waals surface area contributed by atoms with Gasteiger partial charge in [-0.3, -0.25) is 4.90 Å². The molecule has 0 radical (unpaired) electrons. The van der Waals surface area contributed by atoms with Crippen molar-refractivity contribution in [3.63, 3.8) is 0 Å². The van der Waals surface area contributed by atoms with Gasteiger partial charge in [-0.1, -0.05) is 54.6 Å². The summed E-state index contributed by atoms with van der Waals surface area (Å²) in [6.45, 7) is 5.25. The summed E-state index contributed by atoms with van der Waals surface area (Å²) < 4.78 is 5.52. The number of hydrogen-bond donors (Lipinski definition) is 2. The van der Waals surface area contributed by atoms with Crippen molar-refractivity contribution in [1.29, 1.82) is 0 Å². The van der Waals surface area contributed by atoms with Gasteiger partial charge in [-0.25, -0.2) is 9.59 Å². The number of benzene rings is 2. The van der Waals surface area contributed by atoms with Crippen LogP contribution in [-0.4, -0.2) is 53.8 Å². The fourth-order valence-electron chi connectivity index (χ4n) is 4.39. The third kappa shape index (κ3) is 3.51. The molecule has 0 aromatic heterocycles. The predicted octanol–water partition coefficient (Wildman–Crippen LogP) is 3.24. The first-order valence-electron chi connectivity index (χ1n) is 9.74. The quantitative estimate of drug-likeness (QED) is 0.738. The second-order valence-corrected chi connectivity index (χ2v) is 7.61. The largest absolute Gasteiger partial charge is 0.479 e. The number of alkyl carbamates (subject to hydrolysis) is 1. The first kappa shape index (κ1) is 19.2. The minimum atomic E-state index is -1.33. The summed E-state index contributed by atoms with van der Waals surface area (Å²) in [6.07, 6.45) is 1.36. The molecule has 2 N–H and O–H groups in total. The molecule has 6 nitrogen and oxygen atoms in total. The van der Waals surface area contributed by atoms with Crippen LogP contribution < -0.4 is 5.32 Å². The molecule has 1 fully saturated rings. The smallest absolute Gasteiger partial charge is 0.408 e.